The summed E-state index contributed by atoms with van der Waals surface area (Å²) in [6.45, 7) is 0.164. The third-order valence-electron chi connectivity index (χ3n) is 3.84. The molecule has 0 amide bonds. The summed E-state index contributed by atoms with van der Waals surface area (Å²) in [5.41, 5.74) is 0.899. The molecule has 9 nitrogen and oxygen atoms in total. The van der Waals surface area contributed by atoms with E-state index in [2.05, 4.69) is 27.0 Å². The van der Waals surface area contributed by atoms with Crippen LogP contribution >= 0.6 is 0 Å². The molecule has 3 heterocycles. The van der Waals surface area contributed by atoms with Gasteiger partial charge in [0.15, 0.2) is 11.2 Å². The molecule has 0 spiro atoms. The number of pyridine rings is 1. The van der Waals surface area contributed by atoms with Crippen LogP contribution < -0.4 is 11.2 Å². The first-order valence-corrected chi connectivity index (χ1v) is 7.77. The van der Waals surface area contributed by atoms with Gasteiger partial charge >= 0.3 is 5.69 Å². The molecule has 0 unspecified atom stereocenters. The first-order valence-electron chi connectivity index (χ1n) is 7.77. The molecule has 0 atom stereocenters. The van der Waals surface area contributed by atoms with Gasteiger partial charge in [-0.05, 0) is 18.1 Å². The SMILES string of the molecule is Cn1cnc2c1c(=O)n(CCC#Cc1cccc(C=NO)n1)c(=O)n2C. The number of rotatable bonds is 3. The summed E-state index contributed by atoms with van der Waals surface area (Å²) in [6, 6.07) is 5.14. The van der Waals surface area contributed by atoms with Gasteiger partial charge in [0, 0.05) is 27.1 Å². The largest absolute Gasteiger partial charge is 0.411 e. The number of aryl methyl sites for hydroxylation is 2. The van der Waals surface area contributed by atoms with Gasteiger partial charge in [-0.3, -0.25) is 13.9 Å². The molecule has 0 aliphatic heterocycles. The van der Waals surface area contributed by atoms with Crippen molar-refractivity contribution in [2.24, 2.45) is 19.3 Å². The van der Waals surface area contributed by atoms with Crippen LogP contribution in [0.2, 0.25) is 0 Å². The van der Waals surface area contributed by atoms with Crippen LogP contribution in [-0.4, -0.2) is 35.1 Å². The lowest BCUT2D eigenvalue weighted by Crippen LogP contribution is -2.39. The van der Waals surface area contributed by atoms with Gasteiger partial charge in [0.2, 0.25) is 0 Å². The molecule has 0 aliphatic rings. The predicted molar refractivity (Wildman–Crippen MR) is 95.3 cm³/mol. The second-order valence-electron chi connectivity index (χ2n) is 5.57. The number of hydrogen-bond donors (Lipinski definition) is 1. The topological polar surface area (TPSA) is 107 Å². The lowest BCUT2D eigenvalue weighted by Gasteiger charge is -2.06. The van der Waals surface area contributed by atoms with Crippen molar-refractivity contribution >= 4 is 17.4 Å². The molecule has 1 N–H and O–H groups in total. The number of fused-ring (bicyclic) bond motifs is 1. The van der Waals surface area contributed by atoms with E-state index in [1.807, 2.05) is 0 Å². The molecule has 0 fully saturated rings. The maximum Gasteiger partial charge on any atom is 0.332 e. The van der Waals surface area contributed by atoms with Crippen molar-refractivity contribution < 1.29 is 5.21 Å². The highest BCUT2D eigenvalue weighted by Crippen LogP contribution is 2.03. The molecule has 0 aliphatic carbocycles. The molecule has 3 aromatic rings. The molecule has 0 bridgehead atoms. The average Bonchev–Trinajstić information content (AvgIpc) is 3.02. The summed E-state index contributed by atoms with van der Waals surface area (Å²) in [7, 11) is 3.29. The zero-order chi connectivity index (χ0) is 18.7. The Morgan fingerprint density at radius 3 is 2.88 bits per heavy atom. The van der Waals surface area contributed by atoms with Crippen molar-refractivity contribution in [2.75, 3.05) is 0 Å². The van der Waals surface area contributed by atoms with Crippen molar-refractivity contribution in [3.05, 3.63) is 56.8 Å². The Bertz CT molecular complexity index is 1170. The van der Waals surface area contributed by atoms with Gasteiger partial charge in [-0.2, -0.15) is 0 Å². The van der Waals surface area contributed by atoms with Crippen molar-refractivity contribution in [2.45, 2.75) is 13.0 Å². The maximum atomic E-state index is 12.6. The second kappa shape index (κ2) is 7.06. The molecule has 3 aromatic heterocycles. The third kappa shape index (κ3) is 3.12. The van der Waals surface area contributed by atoms with Gasteiger partial charge in [0.1, 0.15) is 5.69 Å². The minimum Gasteiger partial charge on any atom is -0.411 e. The van der Waals surface area contributed by atoms with E-state index < -0.39 is 5.69 Å². The van der Waals surface area contributed by atoms with E-state index in [4.69, 9.17) is 5.21 Å². The first-order chi connectivity index (χ1) is 12.5. The summed E-state index contributed by atoms with van der Waals surface area (Å²) in [5.74, 6) is 5.76. The zero-order valence-corrected chi connectivity index (χ0v) is 14.2. The Hall–Kier alpha value is -3.67. The van der Waals surface area contributed by atoms with Crippen LogP contribution in [0.15, 0.2) is 39.3 Å². The highest BCUT2D eigenvalue weighted by atomic mass is 16.4. The molecular weight excluding hydrogens is 336 g/mol. The fourth-order valence-corrected chi connectivity index (χ4v) is 2.57. The van der Waals surface area contributed by atoms with E-state index in [0.717, 1.165) is 4.57 Å². The van der Waals surface area contributed by atoms with Crippen LogP contribution in [0, 0.1) is 11.8 Å². The van der Waals surface area contributed by atoms with Crippen LogP contribution in [0.1, 0.15) is 17.8 Å². The minimum absolute atomic E-state index is 0.164. The van der Waals surface area contributed by atoms with Gasteiger partial charge in [-0.25, -0.2) is 14.8 Å². The molecule has 9 heteroatoms. The summed E-state index contributed by atoms with van der Waals surface area (Å²) < 4.78 is 4.10. The summed E-state index contributed by atoms with van der Waals surface area (Å²) in [5, 5.41) is 11.4. The summed E-state index contributed by atoms with van der Waals surface area (Å²) >= 11 is 0. The molecule has 0 saturated heterocycles. The normalized spacial score (nSPS) is 11.0. The smallest absolute Gasteiger partial charge is 0.332 e. The molecule has 0 aromatic carbocycles. The Morgan fingerprint density at radius 1 is 1.31 bits per heavy atom. The van der Waals surface area contributed by atoms with Crippen molar-refractivity contribution in [1.82, 2.24) is 23.7 Å². The van der Waals surface area contributed by atoms with E-state index in [-0.39, 0.29) is 12.1 Å². The van der Waals surface area contributed by atoms with E-state index >= 15 is 0 Å². The van der Waals surface area contributed by atoms with E-state index in [0.29, 0.717) is 29.0 Å². The van der Waals surface area contributed by atoms with Crippen LogP contribution in [0.3, 0.4) is 0 Å². The number of nitrogens with zero attached hydrogens (tertiary/aromatic N) is 6. The van der Waals surface area contributed by atoms with Gasteiger partial charge < -0.3 is 9.77 Å². The quantitative estimate of drug-likeness (QED) is 0.311. The minimum atomic E-state index is -0.428. The number of oxime groups is 1. The second-order valence-corrected chi connectivity index (χ2v) is 5.57. The number of hydrogen-bond acceptors (Lipinski definition) is 6. The van der Waals surface area contributed by atoms with E-state index in [9.17, 15) is 9.59 Å². The Labute approximate surface area is 147 Å². The van der Waals surface area contributed by atoms with Gasteiger partial charge in [-0.15, -0.1) is 0 Å². The van der Waals surface area contributed by atoms with Gasteiger partial charge in [0.05, 0.1) is 18.2 Å². The molecular formula is C17H16N6O3. The van der Waals surface area contributed by atoms with Crippen molar-refractivity contribution in [3.63, 3.8) is 0 Å². The fourth-order valence-electron chi connectivity index (χ4n) is 2.57. The lowest BCUT2D eigenvalue weighted by molar-refractivity contribution is 0.321. The average molecular weight is 352 g/mol. The summed E-state index contributed by atoms with van der Waals surface area (Å²) in [4.78, 5) is 33.2. The Kier molecular flexibility index (Phi) is 4.66. The molecule has 26 heavy (non-hydrogen) atoms. The number of imidazole rings is 1. The maximum absolute atomic E-state index is 12.6. The molecule has 3 rings (SSSR count). The standard InChI is InChI=1S/C17H16N6O3/c1-21-11-18-15-14(21)16(24)23(17(25)22(15)2)9-4-3-6-12-7-5-8-13(20-12)10-19-26/h5,7-8,10-11,26H,4,9H2,1-2H3. The Balaban J connectivity index is 1.86. The van der Waals surface area contributed by atoms with Gasteiger partial charge in [-0.1, -0.05) is 17.1 Å². The summed E-state index contributed by atoms with van der Waals surface area (Å²) in [6.07, 6.45) is 3.01. The van der Waals surface area contributed by atoms with Gasteiger partial charge in [0.25, 0.3) is 5.56 Å². The highest BCUT2D eigenvalue weighted by molar-refractivity contribution is 5.76. The van der Waals surface area contributed by atoms with E-state index in [1.165, 1.54) is 17.1 Å². The predicted octanol–water partition coefficient (Wildman–Crippen LogP) is 0.0786. The Morgan fingerprint density at radius 2 is 2.12 bits per heavy atom. The lowest BCUT2D eigenvalue weighted by atomic mass is 10.3. The molecule has 132 valence electrons. The number of aromatic nitrogens is 5. The van der Waals surface area contributed by atoms with Crippen LogP contribution in [-0.2, 0) is 20.6 Å². The van der Waals surface area contributed by atoms with Crippen molar-refractivity contribution in [3.8, 4) is 11.8 Å². The van der Waals surface area contributed by atoms with Crippen molar-refractivity contribution in [1.29, 1.82) is 0 Å². The van der Waals surface area contributed by atoms with Crippen LogP contribution in [0.25, 0.3) is 11.2 Å². The third-order valence-corrected chi connectivity index (χ3v) is 3.84. The monoisotopic (exact) mass is 352 g/mol. The van der Waals surface area contributed by atoms with E-state index in [1.54, 1.807) is 36.9 Å². The zero-order valence-electron chi connectivity index (χ0n) is 14.2. The molecule has 0 saturated carbocycles. The van der Waals surface area contributed by atoms with Crippen LogP contribution in [0.5, 0.6) is 0 Å². The first kappa shape index (κ1) is 17.2. The van der Waals surface area contributed by atoms with Crippen LogP contribution in [0.4, 0.5) is 0 Å². The fraction of sp³-hybridized carbons (Fsp3) is 0.235. The highest BCUT2D eigenvalue weighted by Gasteiger charge is 2.14. The molecule has 0 radical (unpaired) electrons.